The van der Waals surface area contributed by atoms with Gasteiger partial charge in [-0.1, -0.05) is 13.0 Å². The molecule has 5 heteroatoms. The molecule has 2 fully saturated rings. The second kappa shape index (κ2) is 7.88. The molecule has 138 valence electrons. The third-order valence-corrected chi connectivity index (χ3v) is 6.35. The number of rotatable bonds is 4. The second-order valence-electron chi connectivity index (χ2n) is 8.19. The lowest BCUT2D eigenvalue weighted by atomic mass is 9.75. The van der Waals surface area contributed by atoms with Crippen LogP contribution in [0.15, 0.2) is 11.6 Å². The van der Waals surface area contributed by atoms with Gasteiger partial charge in [-0.05, 0) is 57.3 Å². The van der Waals surface area contributed by atoms with E-state index in [-0.39, 0.29) is 24.0 Å². The molecule has 25 heavy (non-hydrogen) atoms. The zero-order valence-electron chi connectivity index (χ0n) is 15.6. The Hall–Kier alpha value is -1.38. The van der Waals surface area contributed by atoms with Crippen molar-refractivity contribution in [2.45, 2.75) is 76.6 Å². The summed E-state index contributed by atoms with van der Waals surface area (Å²) in [6.07, 6.45) is 8.33. The molecule has 0 saturated heterocycles. The molecule has 1 amide bonds. The quantitative estimate of drug-likeness (QED) is 0.821. The van der Waals surface area contributed by atoms with Crippen molar-refractivity contribution in [2.75, 3.05) is 7.11 Å². The molecular weight excluding hydrogens is 314 g/mol. The number of methoxy groups -OCH3 is 1. The van der Waals surface area contributed by atoms with Crippen LogP contribution in [0.1, 0.15) is 52.4 Å². The van der Waals surface area contributed by atoms with Crippen LogP contribution in [0.5, 0.6) is 0 Å². The number of fused-ring (bicyclic) bond motifs is 1. The third-order valence-electron chi connectivity index (χ3n) is 6.35. The molecule has 0 aromatic heterocycles. The number of nitriles is 1. The van der Waals surface area contributed by atoms with Crippen LogP contribution in [0.3, 0.4) is 0 Å². The van der Waals surface area contributed by atoms with Crippen LogP contribution < -0.4 is 10.6 Å². The van der Waals surface area contributed by atoms with Crippen molar-refractivity contribution in [2.24, 2.45) is 17.8 Å². The van der Waals surface area contributed by atoms with E-state index in [1.807, 2.05) is 0 Å². The van der Waals surface area contributed by atoms with Crippen molar-refractivity contribution in [3.63, 3.8) is 0 Å². The van der Waals surface area contributed by atoms with Crippen LogP contribution >= 0.6 is 0 Å². The molecule has 2 N–H and O–H groups in total. The van der Waals surface area contributed by atoms with Crippen LogP contribution in [-0.2, 0) is 9.53 Å². The second-order valence-corrected chi connectivity index (χ2v) is 8.19. The molecule has 1 aliphatic heterocycles. The summed E-state index contributed by atoms with van der Waals surface area (Å²) in [5.41, 5.74) is 0.881. The minimum absolute atomic E-state index is 0.0128. The van der Waals surface area contributed by atoms with E-state index >= 15 is 0 Å². The average molecular weight is 345 g/mol. The van der Waals surface area contributed by atoms with Crippen molar-refractivity contribution in [1.82, 2.24) is 10.6 Å². The fourth-order valence-electron chi connectivity index (χ4n) is 4.82. The molecule has 3 rings (SSSR count). The van der Waals surface area contributed by atoms with Crippen molar-refractivity contribution in [3.8, 4) is 6.07 Å². The molecule has 2 aliphatic carbocycles. The van der Waals surface area contributed by atoms with E-state index < -0.39 is 0 Å². The third kappa shape index (κ3) is 4.07. The van der Waals surface area contributed by atoms with Gasteiger partial charge in [0.2, 0.25) is 5.91 Å². The van der Waals surface area contributed by atoms with Crippen LogP contribution in [0.25, 0.3) is 0 Å². The number of nitrogens with one attached hydrogen (secondary N) is 2. The highest BCUT2D eigenvalue weighted by molar-refractivity contribution is 5.95. The van der Waals surface area contributed by atoms with Gasteiger partial charge < -0.3 is 15.4 Å². The van der Waals surface area contributed by atoms with Gasteiger partial charge in [0.15, 0.2) is 0 Å². The SMILES string of the molecule is COC1CC(N[C@@H](C)C2=CC3CC(C)CCC3NC2=O)CCC1C#N. The topological polar surface area (TPSA) is 74.2 Å². The Bertz CT molecular complexity index is 568. The normalized spacial score (nSPS) is 39.6. The summed E-state index contributed by atoms with van der Waals surface area (Å²) < 4.78 is 5.50. The Labute approximate surface area is 151 Å². The zero-order valence-corrected chi connectivity index (χ0v) is 15.6. The lowest BCUT2D eigenvalue weighted by Gasteiger charge is -2.39. The van der Waals surface area contributed by atoms with E-state index in [0.29, 0.717) is 18.0 Å². The zero-order chi connectivity index (χ0) is 18.0. The van der Waals surface area contributed by atoms with Gasteiger partial charge in [-0.3, -0.25) is 4.79 Å². The smallest absolute Gasteiger partial charge is 0.248 e. The van der Waals surface area contributed by atoms with E-state index in [2.05, 4.69) is 36.6 Å². The summed E-state index contributed by atoms with van der Waals surface area (Å²) in [7, 11) is 1.68. The Balaban J connectivity index is 1.63. The number of carbonyl (C=O) groups excluding carboxylic acids is 1. The van der Waals surface area contributed by atoms with E-state index in [0.717, 1.165) is 37.2 Å². The Morgan fingerprint density at radius 1 is 1.32 bits per heavy atom. The predicted molar refractivity (Wildman–Crippen MR) is 96.7 cm³/mol. The van der Waals surface area contributed by atoms with E-state index in [9.17, 15) is 10.1 Å². The number of nitrogens with zero attached hydrogens (tertiary/aromatic N) is 1. The molecule has 1 heterocycles. The molecule has 0 bridgehead atoms. The van der Waals surface area contributed by atoms with Crippen molar-refractivity contribution in [1.29, 1.82) is 5.26 Å². The maximum atomic E-state index is 12.5. The lowest BCUT2D eigenvalue weighted by molar-refractivity contribution is -0.119. The van der Waals surface area contributed by atoms with Crippen LogP contribution in [0, 0.1) is 29.1 Å². The van der Waals surface area contributed by atoms with Gasteiger partial charge in [0, 0.05) is 30.8 Å². The van der Waals surface area contributed by atoms with Gasteiger partial charge in [0.1, 0.15) is 0 Å². The standard InChI is InChI=1S/C20H31N3O2/c1-12-4-7-18-15(8-12)9-17(20(24)23-18)13(2)22-16-6-5-14(11-21)19(10-16)25-3/h9,12-16,18-19,22H,4-8,10H2,1-3H3,(H,23,24)/t12?,13-,14?,15?,16?,18?,19?/m0/s1. The van der Waals surface area contributed by atoms with Gasteiger partial charge in [-0.15, -0.1) is 0 Å². The van der Waals surface area contributed by atoms with E-state index in [4.69, 9.17) is 4.74 Å². The van der Waals surface area contributed by atoms with Gasteiger partial charge in [0.05, 0.1) is 18.1 Å². The van der Waals surface area contributed by atoms with Crippen molar-refractivity contribution in [3.05, 3.63) is 11.6 Å². The number of carbonyl (C=O) groups is 1. The minimum atomic E-state index is -0.0139. The molecule has 3 aliphatic rings. The highest BCUT2D eigenvalue weighted by Gasteiger charge is 2.36. The fourth-order valence-corrected chi connectivity index (χ4v) is 4.82. The van der Waals surface area contributed by atoms with Crippen LogP contribution in [-0.4, -0.2) is 37.2 Å². The minimum Gasteiger partial charge on any atom is -0.380 e. The van der Waals surface area contributed by atoms with E-state index in [1.54, 1.807) is 7.11 Å². The van der Waals surface area contributed by atoms with E-state index in [1.165, 1.54) is 12.8 Å². The first-order chi connectivity index (χ1) is 12.0. The predicted octanol–water partition coefficient (Wildman–Crippen LogP) is 2.53. The fraction of sp³-hybridized carbons (Fsp3) is 0.800. The van der Waals surface area contributed by atoms with Gasteiger partial charge in [-0.25, -0.2) is 0 Å². The molecule has 5 nitrogen and oxygen atoms in total. The molecular formula is C20H31N3O2. The molecule has 0 aromatic rings. The summed E-state index contributed by atoms with van der Waals surface area (Å²) in [5, 5.41) is 16.1. The first-order valence-electron chi connectivity index (χ1n) is 9.72. The lowest BCUT2D eigenvalue weighted by Crippen LogP contribution is -2.52. The Kier molecular flexibility index (Phi) is 5.81. The molecule has 0 aromatic carbocycles. The average Bonchev–Trinajstić information content (AvgIpc) is 2.61. The molecule has 6 unspecified atom stereocenters. The molecule has 0 radical (unpaired) electrons. The first kappa shape index (κ1) is 18.4. The molecule has 0 spiro atoms. The molecule has 2 saturated carbocycles. The summed E-state index contributed by atoms with van der Waals surface area (Å²) in [5.74, 6) is 1.28. The number of hydrogen-bond donors (Lipinski definition) is 2. The highest BCUT2D eigenvalue weighted by Crippen LogP contribution is 2.34. The molecule has 7 atom stereocenters. The summed E-state index contributed by atoms with van der Waals surface area (Å²) >= 11 is 0. The monoisotopic (exact) mass is 345 g/mol. The maximum Gasteiger partial charge on any atom is 0.248 e. The largest absolute Gasteiger partial charge is 0.380 e. The number of hydrogen-bond acceptors (Lipinski definition) is 4. The van der Waals surface area contributed by atoms with Crippen LogP contribution in [0.4, 0.5) is 0 Å². The van der Waals surface area contributed by atoms with Gasteiger partial charge in [-0.2, -0.15) is 5.26 Å². The summed E-state index contributed by atoms with van der Waals surface area (Å²) in [6.45, 7) is 4.39. The number of ether oxygens (including phenoxy) is 1. The Morgan fingerprint density at radius 2 is 2.12 bits per heavy atom. The Morgan fingerprint density at radius 3 is 2.84 bits per heavy atom. The van der Waals surface area contributed by atoms with Crippen molar-refractivity contribution >= 4 is 5.91 Å². The van der Waals surface area contributed by atoms with Crippen LogP contribution in [0.2, 0.25) is 0 Å². The first-order valence-corrected chi connectivity index (χ1v) is 9.72. The van der Waals surface area contributed by atoms with Gasteiger partial charge in [0.25, 0.3) is 0 Å². The summed E-state index contributed by atoms with van der Waals surface area (Å²) in [6, 6.07) is 3.00. The maximum absolute atomic E-state index is 12.5. The van der Waals surface area contributed by atoms with Crippen molar-refractivity contribution < 1.29 is 9.53 Å². The highest BCUT2D eigenvalue weighted by atomic mass is 16.5. The number of amides is 1. The summed E-state index contributed by atoms with van der Waals surface area (Å²) in [4.78, 5) is 12.5. The van der Waals surface area contributed by atoms with Gasteiger partial charge >= 0.3 is 0 Å².